The number of hydrogen-bond acceptors (Lipinski definition) is 0. The fourth-order valence-corrected chi connectivity index (χ4v) is 1.65. The van der Waals surface area contributed by atoms with Gasteiger partial charge in [-0.3, -0.25) is 0 Å². The van der Waals surface area contributed by atoms with E-state index < -0.39 is 0 Å². The van der Waals surface area contributed by atoms with Crippen LogP contribution in [-0.2, 0) is 0 Å². The van der Waals surface area contributed by atoms with Crippen molar-refractivity contribution in [2.75, 3.05) is 5.57 Å². The van der Waals surface area contributed by atoms with Crippen molar-refractivity contribution >= 4 is 19.4 Å². The molecule has 0 nitrogen and oxygen atoms in total. The van der Waals surface area contributed by atoms with Crippen molar-refractivity contribution in [3.05, 3.63) is 29.8 Å². The summed E-state index contributed by atoms with van der Waals surface area (Å²) in [6.45, 7) is 2.03. The summed E-state index contributed by atoms with van der Waals surface area (Å²) in [5, 5.41) is 0. The van der Waals surface area contributed by atoms with E-state index in [0.29, 0.717) is 0 Å². The monoisotopic (exact) mass is 204 g/mol. The van der Waals surface area contributed by atoms with Crippen LogP contribution in [-0.4, -0.2) is 20.5 Å². The molecule has 2 heteroatoms. The molecule has 1 rings (SSSR count). The van der Waals surface area contributed by atoms with E-state index in [9.17, 15) is 4.39 Å². The first-order valence-corrected chi connectivity index (χ1v) is 5.15. The van der Waals surface area contributed by atoms with Crippen molar-refractivity contribution in [1.82, 2.24) is 0 Å². The summed E-state index contributed by atoms with van der Waals surface area (Å²) in [5.74, 6) is 0. The molecule has 0 radical (unpaired) electrons. The van der Waals surface area contributed by atoms with Crippen LogP contribution >= 0.6 is 0 Å². The first-order valence-electron chi connectivity index (χ1n) is 3.08. The van der Waals surface area contributed by atoms with E-state index in [0.717, 1.165) is 4.46 Å². The predicted molar refractivity (Wildman–Crippen MR) is 42.5 cm³/mol. The fraction of sp³-hybridized carbons (Fsp3) is 0.250. The van der Waals surface area contributed by atoms with E-state index in [-0.39, 0.29) is 20.5 Å². The molecule has 0 unspecified atom stereocenters. The molecule has 0 amide bonds. The van der Waals surface area contributed by atoms with Crippen LogP contribution in [0.5, 0.6) is 0 Å². The van der Waals surface area contributed by atoms with Crippen LogP contribution in [0.1, 0.15) is 5.56 Å². The van der Waals surface area contributed by atoms with Gasteiger partial charge in [-0.2, -0.15) is 0 Å². The molecule has 0 aliphatic carbocycles. The molecular weight excluding hydrogens is 194 g/mol. The van der Waals surface area contributed by atoms with Crippen LogP contribution in [0, 0.1) is 6.92 Å². The van der Waals surface area contributed by atoms with Crippen molar-refractivity contribution < 1.29 is 4.39 Å². The Morgan fingerprint density at radius 1 is 1.30 bits per heavy atom. The van der Waals surface area contributed by atoms with Crippen LogP contribution in [0.15, 0.2) is 24.3 Å². The van der Waals surface area contributed by atoms with Gasteiger partial charge < -0.3 is 0 Å². The van der Waals surface area contributed by atoms with Gasteiger partial charge in [0.15, 0.2) is 0 Å². The molecule has 0 fully saturated rings. The summed E-state index contributed by atoms with van der Waals surface area (Å²) < 4.78 is 12.9. The molecular formula is C8H9FSe. The maximum absolute atomic E-state index is 11.8. The molecule has 0 aliphatic rings. The third kappa shape index (κ3) is 2.13. The van der Waals surface area contributed by atoms with Crippen molar-refractivity contribution in [2.24, 2.45) is 0 Å². The molecule has 0 heterocycles. The Balaban J connectivity index is 2.69. The zero-order valence-electron chi connectivity index (χ0n) is 5.80. The van der Waals surface area contributed by atoms with Gasteiger partial charge in [-0.25, -0.2) is 0 Å². The van der Waals surface area contributed by atoms with Gasteiger partial charge in [-0.15, -0.1) is 0 Å². The van der Waals surface area contributed by atoms with Crippen LogP contribution in [0.2, 0.25) is 0 Å². The van der Waals surface area contributed by atoms with Gasteiger partial charge in [0.2, 0.25) is 0 Å². The Morgan fingerprint density at radius 2 is 1.90 bits per heavy atom. The number of rotatable bonds is 2. The SMILES string of the molecule is Cc1ccc([Se]CF)cc1. The van der Waals surface area contributed by atoms with Gasteiger partial charge in [-0.05, 0) is 0 Å². The van der Waals surface area contributed by atoms with E-state index in [1.165, 1.54) is 5.56 Å². The Hall–Kier alpha value is -0.331. The van der Waals surface area contributed by atoms with E-state index >= 15 is 0 Å². The second kappa shape index (κ2) is 3.74. The molecule has 0 aliphatic heterocycles. The summed E-state index contributed by atoms with van der Waals surface area (Å²) in [4.78, 5) is 0. The molecule has 0 N–H and O–H groups in total. The Bertz CT molecular complexity index is 193. The average Bonchev–Trinajstić information content (AvgIpc) is 1.95. The summed E-state index contributed by atoms with van der Waals surface area (Å²) in [6, 6.07) is 8.03. The maximum atomic E-state index is 11.8. The van der Waals surface area contributed by atoms with E-state index in [4.69, 9.17) is 0 Å². The topological polar surface area (TPSA) is 0 Å². The van der Waals surface area contributed by atoms with Gasteiger partial charge in [-0.1, -0.05) is 0 Å². The summed E-state index contributed by atoms with van der Waals surface area (Å²) in [6.07, 6.45) is 0. The Morgan fingerprint density at radius 3 is 2.40 bits per heavy atom. The quantitative estimate of drug-likeness (QED) is 0.634. The predicted octanol–water partition coefficient (Wildman–Crippen LogP) is 1.25. The minimum atomic E-state index is -0.198. The zero-order valence-corrected chi connectivity index (χ0v) is 7.52. The molecule has 0 spiro atoms. The van der Waals surface area contributed by atoms with Gasteiger partial charge >= 0.3 is 66.1 Å². The van der Waals surface area contributed by atoms with Crippen LogP contribution < -0.4 is 4.46 Å². The molecule has 0 saturated carbocycles. The molecule has 0 saturated heterocycles. The van der Waals surface area contributed by atoms with Crippen LogP contribution in [0.4, 0.5) is 4.39 Å². The van der Waals surface area contributed by atoms with Gasteiger partial charge in [0.05, 0.1) is 0 Å². The second-order valence-corrected chi connectivity index (χ2v) is 4.12. The minimum absolute atomic E-state index is 0.0354. The second-order valence-electron chi connectivity index (χ2n) is 2.07. The molecule has 54 valence electrons. The van der Waals surface area contributed by atoms with E-state index in [2.05, 4.69) is 0 Å². The number of halogens is 1. The van der Waals surface area contributed by atoms with Crippen molar-refractivity contribution in [3.63, 3.8) is 0 Å². The van der Waals surface area contributed by atoms with Gasteiger partial charge in [0.25, 0.3) is 0 Å². The zero-order chi connectivity index (χ0) is 7.40. The third-order valence-electron chi connectivity index (χ3n) is 1.24. The van der Waals surface area contributed by atoms with Crippen molar-refractivity contribution in [3.8, 4) is 0 Å². The Labute approximate surface area is 66.6 Å². The Kier molecular flexibility index (Phi) is 2.91. The van der Waals surface area contributed by atoms with Crippen LogP contribution in [0.3, 0.4) is 0 Å². The molecule has 0 atom stereocenters. The molecule has 0 bridgehead atoms. The molecule has 0 aromatic heterocycles. The first kappa shape index (κ1) is 7.77. The number of aryl methyl sites for hydroxylation is 1. The van der Waals surface area contributed by atoms with E-state index in [1.54, 1.807) is 0 Å². The summed E-state index contributed by atoms with van der Waals surface area (Å²) in [7, 11) is 0. The average molecular weight is 203 g/mol. The first-order chi connectivity index (χ1) is 4.83. The third-order valence-corrected chi connectivity index (χ3v) is 2.74. The summed E-state index contributed by atoms with van der Waals surface area (Å²) >= 11 is 0.0354. The molecule has 10 heavy (non-hydrogen) atoms. The normalized spacial score (nSPS) is 9.80. The number of alkyl halides is 1. The van der Waals surface area contributed by atoms with Crippen LogP contribution in [0.25, 0.3) is 0 Å². The number of benzene rings is 1. The van der Waals surface area contributed by atoms with Gasteiger partial charge in [0.1, 0.15) is 0 Å². The van der Waals surface area contributed by atoms with Crippen molar-refractivity contribution in [2.45, 2.75) is 6.92 Å². The standard InChI is InChI=1S/C8H9FSe/c1-7-2-4-8(5-3-7)10-6-9/h2-5H,6H2,1H3. The summed E-state index contributed by atoms with van der Waals surface area (Å²) in [5.41, 5.74) is 1.04. The molecule has 1 aromatic rings. The van der Waals surface area contributed by atoms with E-state index in [1.807, 2.05) is 31.2 Å². The molecule has 1 aromatic carbocycles. The van der Waals surface area contributed by atoms with Gasteiger partial charge in [0, 0.05) is 0 Å². The number of hydrogen-bond donors (Lipinski definition) is 0. The van der Waals surface area contributed by atoms with Crippen molar-refractivity contribution in [1.29, 1.82) is 0 Å². The fourth-order valence-electron chi connectivity index (χ4n) is 0.697.